The summed E-state index contributed by atoms with van der Waals surface area (Å²) in [5.74, 6) is -0.743. The molecule has 0 aliphatic carbocycles. The van der Waals surface area contributed by atoms with E-state index < -0.39 is 0 Å². The average Bonchev–Trinajstić information content (AvgIpc) is 2.30. The third-order valence-electron chi connectivity index (χ3n) is 2.73. The van der Waals surface area contributed by atoms with Crippen LogP contribution in [0, 0.1) is 12.7 Å². The van der Waals surface area contributed by atoms with Gasteiger partial charge < -0.3 is 4.74 Å². The lowest BCUT2D eigenvalue weighted by molar-refractivity contribution is -0.145. The lowest BCUT2D eigenvalue weighted by Crippen LogP contribution is -2.16. The van der Waals surface area contributed by atoms with E-state index in [4.69, 9.17) is 4.74 Å². The number of benzene rings is 1. The molecule has 0 amide bonds. The fraction of sp³-hybridized carbons (Fsp3) is 0.500. The van der Waals surface area contributed by atoms with Crippen LogP contribution >= 0.6 is 0 Å². The van der Waals surface area contributed by atoms with Gasteiger partial charge in [-0.05, 0) is 37.5 Å². The number of hydrogen-bond donors (Lipinski definition) is 0. The van der Waals surface area contributed by atoms with E-state index in [0.29, 0.717) is 12.2 Å². The van der Waals surface area contributed by atoms with Crippen LogP contribution in [0.5, 0.6) is 0 Å². The van der Waals surface area contributed by atoms with Gasteiger partial charge in [0.1, 0.15) is 5.82 Å². The maximum absolute atomic E-state index is 13.2. The SMILES string of the molecule is CCCC(C(=O)OCC)c1ccc(F)c(C)c1. The Labute approximate surface area is 102 Å². The Balaban J connectivity index is 2.96. The van der Waals surface area contributed by atoms with Crippen molar-refractivity contribution in [2.45, 2.75) is 39.5 Å². The molecular formula is C14H19FO2. The van der Waals surface area contributed by atoms with E-state index in [9.17, 15) is 9.18 Å². The highest BCUT2D eigenvalue weighted by Crippen LogP contribution is 2.24. The number of carbonyl (C=O) groups is 1. The maximum Gasteiger partial charge on any atom is 0.313 e. The van der Waals surface area contributed by atoms with Crippen LogP contribution < -0.4 is 0 Å². The first kappa shape index (κ1) is 13.7. The summed E-state index contributed by atoms with van der Waals surface area (Å²) in [7, 11) is 0. The molecule has 0 saturated heterocycles. The molecule has 1 rings (SSSR count). The van der Waals surface area contributed by atoms with Crippen LogP contribution in [-0.2, 0) is 9.53 Å². The van der Waals surface area contributed by atoms with Crippen molar-refractivity contribution < 1.29 is 13.9 Å². The monoisotopic (exact) mass is 238 g/mol. The summed E-state index contributed by atoms with van der Waals surface area (Å²) >= 11 is 0. The van der Waals surface area contributed by atoms with E-state index in [0.717, 1.165) is 18.4 Å². The molecule has 0 N–H and O–H groups in total. The van der Waals surface area contributed by atoms with Crippen molar-refractivity contribution in [1.82, 2.24) is 0 Å². The Morgan fingerprint density at radius 3 is 2.65 bits per heavy atom. The van der Waals surface area contributed by atoms with Crippen molar-refractivity contribution in [2.24, 2.45) is 0 Å². The highest BCUT2D eigenvalue weighted by atomic mass is 19.1. The average molecular weight is 238 g/mol. The molecule has 0 saturated carbocycles. The lowest BCUT2D eigenvalue weighted by Gasteiger charge is -2.15. The topological polar surface area (TPSA) is 26.3 Å². The number of ether oxygens (including phenoxy) is 1. The highest BCUT2D eigenvalue weighted by molar-refractivity contribution is 5.78. The van der Waals surface area contributed by atoms with E-state index in [-0.39, 0.29) is 17.7 Å². The van der Waals surface area contributed by atoms with Gasteiger partial charge in [-0.25, -0.2) is 4.39 Å². The van der Waals surface area contributed by atoms with Gasteiger partial charge in [0.2, 0.25) is 0 Å². The summed E-state index contributed by atoms with van der Waals surface area (Å²) in [5.41, 5.74) is 1.40. The summed E-state index contributed by atoms with van der Waals surface area (Å²) in [6.07, 6.45) is 1.61. The summed E-state index contributed by atoms with van der Waals surface area (Å²) in [5, 5.41) is 0. The highest BCUT2D eigenvalue weighted by Gasteiger charge is 2.21. The van der Waals surface area contributed by atoms with Crippen LogP contribution in [0.2, 0.25) is 0 Å². The largest absolute Gasteiger partial charge is 0.466 e. The van der Waals surface area contributed by atoms with Gasteiger partial charge in [0, 0.05) is 0 Å². The molecule has 94 valence electrons. The number of hydrogen-bond acceptors (Lipinski definition) is 2. The van der Waals surface area contributed by atoms with Gasteiger partial charge in [-0.15, -0.1) is 0 Å². The first-order valence-corrected chi connectivity index (χ1v) is 6.02. The van der Waals surface area contributed by atoms with E-state index in [1.54, 1.807) is 26.0 Å². The maximum atomic E-state index is 13.2. The first-order chi connectivity index (χ1) is 8.10. The normalized spacial score (nSPS) is 12.2. The van der Waals surface area contributed by atoms with Crippen molar-refractivity contribution in [3.8, 4) is 0 Å². The van der Waals surface area contributed by atoms with Crippen molar-refractivity contribution in [3.63, 3.8) is 0 Å². The standard InChI is InChI=1S/C14H19FO2/c1-4-6-12(14(16)17-5-2)11-7-8-13(15)10(3)9-11/h7-9,12H,4-6H2,1-3H3. The van der Waals surface area contributed by atoms with Crippen LogP contribution in [0.4, 0.5) is 4.39 Å². The lowest BCUT2D eigenvalue weighted by atomic mass is 9.93. The first-order valence-electron chi connectivity index (χ1n) is 6.02. The molecule has 0 aliphatic rings. The second-order valence-corrected chi connectivity index (χ2v) is 4.10. The van der Waals surface area contributed by atoms with Crippen molar-refractivity contribution in [3.05, 3.63) is 35.1 Å². The smallest absolute Gasteiger partial charge is 0.313 e. The van der Waals surface area contributed by atoms with Gasteiger partial charge in [0.15, 0.2) is 0 Å². The molecular weight excluding hydrogens is 219 g/mol. The zero-order valence-corrected chi connectivity index (χ0v) is 10.6. The zero-order chi connectivity index (χ0) is 12.8. The molecule has 3 heteroatoms. The third-order valence-corrected chi connectivity index (χ3v) is 2.73. The summed E-state index contributed by atoms with van der Waals surface area (Å²) in [6.45, 7) is 5.88. The van der Waals surface area contributed by atoms with Crippen LogP contribution in [0.25, 0.3) is 0 Å². The number of carbonyl (C=O) groups excluding carboxylic acids is 1. The molecule has 0 aliphatic heterocycles. The van der Waals surface area contributed by atoms with Gasteiger partial charge in [-0.1, -0.05) is 25.5 Å². The molecule has 0 fully saturated rings. The Morgan fingerprint density at radius 2 is 2.12 bits per heavy atom. The second-order valence-electron chi connectivity index (χ2n) is 4.10. The Kier molecular flexibility index (Phi) is 5.13. The van der Waals surface area contributed by atoms with Gasteiger partial charge in [-0.2, -0.15) is 0 Å². The Hall–Kier alpha value is -1.38. The number of rotatable bonds is 5. The minimum Gasteiger partial charge on any atom is -0.466 e. The summed E-state index contributed by atoms with van der Waals surface area (Å²) < 4.78 is 18.2. The zero-order valence-electron chi connectivity index (χ0n) is 10.6. The molecule has 1 unspecified atom stereocenters. The van der Waals surface area contributed by atoms with Gasteiger partial charge in [-0.3, -0.25) is 4.79 Å². The number of aryl methyl sites for hydroxylation is 1. The Morgan fingerprint density at radius 1 is 1.41 bits per heavy atom. The van der Waals surface area contributed by atoms with Crippen LogP contribution in [0.1, 0.15) is 43.7 Å². The van der Waals surface area contributed by atoms with Crippen LogP contribution in [0.15, 0.2) is 18.2 Å². The van der Waals surface area contributed by atoms with E-state index >= 15 is 0 Å². The molecule has 1 atom stereocenters. The third kappa shape index (κ3) is 3.55. The quantitative estimate of drug-likeness (QED) is 0.733. The van der Waals surface area contributed by atoms with E-state index in [1.807, 2.05) is 6.92 Å². The molecule has 0 spiro atoms. The fourth-order valence-corrected chi connectivity index (χ4v) is 1.84. The molecule has 0 radical (unpaired) electrons. The molecule has 17 heavy (non-hydrogen) atoms. The van der Waals surface area contributed by atoms with Gasteiger partial charge in [0.05, 0.1) is 12.5 Å². The summed E-state index contributed by atoms with van der Waals surface area (Å²) in [4.78, 5) is 11.8. The molecule has 1 aromatic rings. The van der Waals surface area contributed by atoms with Crippen molar-refractivity contribution in [1.29, 1.82) is 0 Å². The van der Waals surface area contributed by atoms with E-state index in [2.05, 4.69) is 0 Å². The van der Waals surface area contributed by atoms with E-state index in [1.165, 1.54) is 6.07 Å². The minimum atomic E-state index is -0.278. The molecule has 1 aromatic carbocycles. The molecule has 0 bridgehead atoms. The fourth-order valence-electron chi connectivity index (χ4n) is 1.84. The molecule has 0 aromatic heterocycles. The van der Waals surface area contributed by atoms with Gasteiger partial charge in [0.25, 0.3) is 0 Å². The molecule has 2 nitrogen and oxygen atoms in total. The minimum absolute atomic E-state index is 0.222. The number of halogens is 1. The Bertz CT molecular complexity index is 388. The van der Waals surface area contributed by atoms with Crippen LogP contribution in [0.3, 0.4) is 0 Å². The van der Waals surface area contributed by atoms with Crippen molar-refractivity contribution >= 4 is 5.97 Å². The van der Waals surface area contributed by atoms with Crippen molar-refractivity contribution in [2.75, 3.05) is 6.61 Å². The van der Waals surface area contributed by atoms with Crippen LogP contribution in [-0.4, -0.2) is 12.6 Å². The molecule has 0 heterocycles. The second kappa shape index (κ2) is 6.38. The van der Waals surface area contributed by atoms with Gasteiger partial charge >= 0.3 is 5.97 Å². The number of esters is 1. The predicted molar refractivity (Wildman–Crippen MR) is 65.4 cm³/mol. The summed E-state index contributed by atoms with van der Waals surface area (Å²) in [6, 6.07) is 4.80. The predicted octanol–water partition coefficient (Wildman–Crippen LogP) is 3.58.